The zero-order valence-corrected chi connectivity index (χ0v) is 11.3. The van der Waals surface area contributed by atoms with Crippen LogP contribution in [0.15, 0.2) is 16.6 Å². The van der Waals surface area contributed by atoms with Crippen LogP contribution in [0.3, 0.4) is 0 Å². The van der Waals surface area contributed by atoms with Crippen molar-refractivity contribution in [2.45, 2.75) is 32.2 Å². The molecular weight excluding hydrogens is 268 g/mol. The lowest BCUT2D eigenvalue weighted by Gasteiger charge is -2.34. The van der Waals surface area contributed by atoms with E-state index in [4.69, 9.17) is 4.74 Å². The van der Waals surface area contributed by atoms with Crippen LogP contribution in [0, 0.1) is 6.92 Å². The van der Waals surface area contributed by atoms with E-state index in [9.17, 15) is 0 Å². The van der Waals surface area contributed by atoms with Crippen LogP contribution in [-0.4, -0.2) is 23.7 Å². The topological polar surface area (TPSA) is 34.2 Å². The summed E-state index contributed by atoms with van der Waals surface area (Å²) in [5, 5.41) is 3.47. The molecule has 0 bridgehead atoms. The number of hydrogen-bond donors (Lipinski definition) is 1. The highest BCUT2D eigenvalue weighted by Crippen LogP contribution is 2.24. The summed E-state index contributed by atoms with van der Waals surface area (Å²) in [6.07, 6.45) is 2.24. The van der Waals surface area contributed by atoms with Crippen LogP contribution in [0.25, 0.3) is 0 Å². The third-order valence-electron chi connectivity index (χ3n) is 2.89. The van der Waals surface area contributed by atoms with Crippen LogP contribution in [0.5, 0.6) is 0 Å². The van der Waals surface area contributed by atoms with E-state index in [0.29, 0.717) is 0 Å². The summed E-state index contributed by atoms with van der Waals surface area (Å²) in [5.74, 6) is 0.925. The molecule has 1 aromatic heterocycles. The molecule has 88 valence electrons. The van der Waals surface area contributed by atoms with E-state index >= 15 is 0 Å². The second-order valence-corrected chi connectivity index (χ2v) is 5.46. The van der Waals surface area contributed by atoms with Crippen LogP contribution < -0.4 is 5.32 Å². The van der Waals surface area contributed by atoms with Gasteiger partial charge in [-0.15, -0.1) is 0 Å². The van der Waals surface area contributed by atoms with E-state index in [1.165, 1.54) is 0 Å². The van der Waals surface area contributed by atoms with Gasteiger partial charge in [-0.2, -0.15) is 0 Å². The number of aromatic nitrogens is 1. The minimum atomic E-state index is 0.0194. The van der Waals surface area contributed by atoms with Crippen molar-refractivity contribution in [1.29, 1.82) is 0 Å². The molecule has 1 atom stereocenters. The van der Waals surface area contributed by atoms with Crippen molar-refractivity contribution >= 4 is 21.7 Å². The zero-order valence-electron chi connectivity index (χ0n) is 9.72. The normalized spacial score (nSPS) is 25.4. The molecule has 1 fully saturated rings. The summed E-state index contributed by atoms with van der Waals surface area (Å²) in [6, 6.07) is 4.02. The summed E-state index contributed by atoms with van der Waals surface area (Å²) < 4.78 is 6.56. The van der Waals surface area contributed by atoms with Gasteiger partial charge in [0.05, 0.1) is 17.8 Å². The number of aryl methyl sites for hydroxylation is 1. The Hall–Kier alpha value is -0.610. The molecule has 16 heavy (non-hydrogen) atoms. The molecule has 1 saturated heterocycles. The zero-order chi connectivity index (χ0) is 11.6. The third kappa shape index (κ3) is 2.74. The minimum absolute atomic E-state index is 0.0194. The standard InChI is InChI=1S/C12H17BrN2O/c1-9-10(13)4-5-11(14-9)15-12(2)6-3-7-16-8-12/h4-5H,3,6-8H2,1-2H3,(H,14,15). The van der Waals surface area contributed by atoms with Crippen LogP contribution >= 0.6 is 15.9 Å². The Morgan fingerprint density at radius 2 is 2.31 bits per heavy atom. The minimum Gasteiger partial charge on any atom is -0.379 e. The predicted octanol–water partition coefficient (Wildman–Crippen LogP) is 3.13. The van der Waals surface area contributed by atoms with Crippen LogP contribution in [0.2, 0.25) is 0 Å². The van der Waals surface area contributed by atoms with Crippen molar-refractivity contribution in [2.75, 3.05) is 18.5 Å². The molecule has 0 radical (unpaired) electrons. The molecule has 1 unspecified atom stereocenters. The van der Waals surface area contributed by atoms with Gasteiger partial charge in [0.25, 0.3) is 0 Å². The number of anilines is 1. The monoisotopic (exact) mass is 284 g/mol. The molecule has 2 heterocycles. The molecule has 4 heteroatoms. The number of nitrogens with zero attached hydrogens (tertiary/aromatic N) is 1. The van der Waals surface area contributed by atoms with E-state index in [1.54, 1.807) is 0 Å². The first-order chi connectivity index (χ1) is 7.59. The molecule has 1 aromatic rings. The van der Waals surface area contributed by atoms with Gasteiger partial charge in [0.15, 0.2) is 0 Å². The Kier molecular flexibility index (Phi) is 3.50. The van der Waals surface area contributed by atoms with E-state index in [1.807, 2.05) is 19.1 Å². The molecule has 3 nitrogen and oxygen atoms in total. The first-order valence-corrected chi connectivity index (χ1v) is 6.37. The van der Waals surface area contributed by atoms with E-state index < -0.39 is 0 Å². The second-order valence-electron chi connectivity index (χ2n) is 4.61. The molecule has 0 aromatic carbocycles. The van der Waals surface area contributed by atoms with Crippen molar-refractivity contribution in [2.24, 2.45) is 0 Å². The number of pyridine rings is 1. The molecule has 0 amide bonds. The largest absolute Gasteiger partial charge is 0.379 e. The molecule has 0 aliphatic carbocycles. The average molecular weight is 285 g/mol. The number of hydrogen-bond acceptors (Lipinski definition) is 3. The molecule has 0 spiro atoms. The predicted molar refractivity (Wildman–Crippen MR) is 68.8 cm³/mol. The Morgan fingerprint density at radius 3 is 2.94 bits per heavy atom. The van der Waals surface area contributed by atoms with Crippen molar-refractivity contribution in [1.82, 2.24) is 4.98 Å². The Balaban J connectivity index is 2.10. The van der Waals surface area contributed by atoms with Gasteiger partial charge in [-0.1, -0.05) is 0 Å². The molecule has 1 aliphatic rings. The van der Waals surface area contributed by atoms with Crippen molar-refractivity contribution in [3.8, 4) is 0 Å². The number of nitrogens with one attached hydrogen (secondary N) is 1. The highest BCUT2D eigenvalue weighted by molar-refractivity contribution is 9.10. The van der Waals surface area contributed by atoms with Crippen LogP contribution in [-0.2, 0) is 4.74 Å². The maximum absolute atomic E-state index is 5.51. The maximum Gasteiger partial charge on any atom is 0.126 e. The highest BCUT2D eigenvalue weighted by Gasteiger charge is 2.27. The molecule has 2 rings (SSSR count). The molecule has 1 aliphatic heterocycles. The lowest BCUT2D eigenvalue weighted by Crippen LogP contribution is -2.43. The van der Waals surface area contributed by atoms with Gasteiger partial charge in [0.2, 0.25) is 0 Å². The number of rotatable bonds is 2. The fourth-order valence-electron chi connectivity index (χ4n) is 1.96. The van der Waals surface area contributed by atoms with Crippen LogP contribution in [0.1, 0.15) is 25.5 Å². The number of ether oxygens (including phenoxy) is 1. The maximum atomic E-state index is 5.51. The Morgan fingerprint density at radius 1 is 1.50 bits per heavy atom. The summed E-state index contributed by atoms with van der Waals surface area (Å²) in [7, 11) is 0. The lowest BCUT2D eigenvalue weighted by molar-refractivity contribution is 0.0539. The average Bonchev–Trinajstić information content (AvgIpc) is 2.24. The second kappa shape index (κ2) is 4.72. The summed E-state index contributed by atoms with van der Waals surface area (Å²) in [5.41, 5.74) is 1.02. The van der Waals surface area contributed by atoms with Crippen molar-refractivity contribution in [3.05, 3.63) is 22.3 Å². The lowest BCUT2D eigenvalue weighted by atomic mass is 9.95. The fraction of sp³-hybridized carbons (Fsp3) is 0.583. The van der Waals surface area contributed by atoms with Gasteiger partial charge in [0.1, 0.15) is 5.82 Å². The van der Waals surface area contributed by atoms with E-state index in [-0.39, 0.29) is 5.54 Å². The van der Waals surface area contributed by atoms with E-state index in [2.05, 4.69) is 33.2 Å². The van der Waals surface area contributed by atoms with Gasteiger partial charge in [-0.25, -0.2) is 4.98 Å². The van der Waals surface area contributed by atoms with Gasteiger partial charge in [-0.3, -0.25) is 0 Å². The smallest absolute Gasteiger partial charge is 0.126 e. The van der Waals surface area contributed by atoms with Crippen LogP contribution in [0.4, 0.5) is 5.82 Å². The van der Waals surface area contributed by atoms with Gasteiger partial charge in [0, 0.05) is 11.1 Å². The number of halogens is 1. The Bertz CT molecular complexity index is 375. The quantitative estimate of drug-likeness (QED) is 0.906. The molecular formula is C12H17BrN2O. The SMILES string of the molecule is Cc1nc(NC2(C)CCCOC2)ccc1Br. The summed E-state index contributed by atoms with van der Waals surface area (Å²) in [4.78, 5) is 4.50. The summed E-state index contributed by atoms with van der Waals surface area (Å²) >= 11 is 3.45. The summed E-state index contributed by atoms with van der Waals surface area (Å²) in [6.45, 7) is 5.81. The van der Waals surface area contributed by atoms with Gasteiger partial charge in [-0.05, 0) is 54.8 Å². The Labute approximate surface area is 105 Å². The molecule has 0 saturated carbocycles. The van der Waals surface area contributed by atoms with Crippen molar-refractivity contribution in [3.63, 3.8) is 0 Å². The fourth-order valence-corrected chi connectivity index (χ4v) is 2.18. The van der Waals surface area contributed by atoms with Gasteiger partial charge < -0.3 is 10.1 Å². The van der Waals surface area contributed by atoms with Gasteiger partial charge >= 0.3 is 0 Å². The first kappa shape index (κ1) is 11.9. The van der Waals surface area contributed by atoms with E-state index in [0.717, 1.165) is 42.0 Å². The first-order valence-electron chi connectivity index (χ1n) is 5.58. The molecule has 1 N–H and O–H groups in total. The third-order valence-corrected chi connectivity index (χ3v) is 3.73. The highest BCUT2D eigenvalue weighted by atomic mass is 79.9. The van der Waals surface area contributed by atoms with Crippen molar-refractivity contribution < 1.29 is 4.74 Å².